The van der Waals surface area contributed by atoms with E-state index in [4.69, 9.17) is 9.47 Å². The number of nitrogens with one attached hydrogen (secondary N) is 1. The Labute approximate surface area is 160 Å². The van der Waals surface area contributed by atoms with E-state index in [-0.39, 0.29) is 12.6 Å². The molecule has 1 saturated heterocycles. The van der Waals surface area contributed by atoms with Gasteiger partial charge in [-0.15, -0.1) is 0 Å². The third-order valence-corrected chi connectivity index (χ3v) is 4.37. The first-order valence-corrected chi connectivity index (χ1v) is 8.75. The maximum absolute atomic E-state index is 10.8. The van der Waals surface area contributed by atoms with E-state index in [0.717, 1.165) is 5.57 Å². The van der Waals surface area contributed by atoms with Crippen LogP contribution in [0, 0.1) is 0 Å². The van der Waals surface area contributed by atoms with Crippen molar-refractivity contribution in [3.8, 4) is 0 Å². The molecular weight excluding hydrogens is 370 g/mol. The van der Waals surface area contributed by atoms with Gasteiger partial charge < -0.3 is 30.1 Å². The Bertz CT molecular complexity index is 869. The predicted molar refractivity (Wildman–Crippen MR) is 97.2 cm³/mol. The molecule has 3 heterocycles. The van der Waals surface area contributed by atoms with Gasteiger partial charge in [0.25, 0.3) is 0 Å². The summed E-state index contributed by atoms with van der Waals surface area (Å²) in [4.78, 5) is 23.5. The van der Waals surface area contributed by atoms with Crippen LogP contribution < -0.4 is 5.32 Å². The fourth-order valence-electron chi connectivity index (χ4n) is 2.87. The van der Waals surface area contributed by atoms with Crippen molar-refractivity contribution in [2.45, 2.75) is 38.4 Å². The Morgan fingerprint density at radius 3 is 2.79 bits per heavy atom. The van der Waals surface area contributed by atoms with Crippen LogP contribution in [0.5, 0.6) is 0 Å². The monoisotopic (exact) mass is 393 g/mol. The zero-order chi connectivity index (χ0) is 20.3. The lowest BCUT2D eigenvalue weighted by molar-refractivity contribution is -0.139. The van der Waals surface area contributed by atoms with Crippen LogP contribution >= 0.6 is 0 Å². The number of ether oxygens (including phenoxy) is 2. The lowest BCUT2D eigenvalue weighted by Crippen LogP contribution is -2.33. The number of rotatable bonds is 7. The van der Waals surface area contributed by atoms with Gasteiger partial charge >= 0.3 is 5.97 Å². The maximum atomic E-state index is 10.8. The molecule has 3 rings (SSSR count). The highest BCUT2D eigenvalue weighted by atomic mass is 16.6. The van der Waals surface area contributed by atoms with Crippen molar-refractivity contribution in [3.63, 3.8) is 0 Å². The average molecular weight is 393 g/mol. The average Bonchev–Trinajstić information content (AvgIpc) is 3.22. The molecule has 4 atom stereocenters. The number of aliphatic hydroxyl groups is 3. The molecule has 2 aromatic rings. The Morgan fingerprint density at radius 2 is 2.11 bits per heavy atom. The first kappa shape index (κ1) is 20.1. The number of carbonyl (C=O) groups is 1. The Morgan fingerprint density at radius 1 is 1.32 bits per heavy atom. The molecule has 0 amide bonds. The molecule has 0 aliphatic carbocycles. The van der Waals surface area contributed by atoms with E-state index in [1.807, 2.05) is 13.0 Å². The van der Waals surface area contributed by atoms with Crippen LogP contribution in [0.2, 0.25) is 0 Å². The van der Waals surface area contributed by atoms with Crippen LogP contribution in [0.15, 0.2) is 24.3 Å². The van der Waals surface area contributed by atoms with Gasteiger partial charge in [0.1, 0.15) is 31.2 Å². The van der Waals surface area contributed by atoms with Crippen LogP contribution in [-0.4, -0.2) is 78.9 Å². The Kier molecular flexibility index (Phi) is 6.19. The standard InChI is InChI=1S/C17H23N5O6/c1-9(6-27-10(2)24)3-4-18-15-12-16(20-7-19-15)22(8-21-12)17-14(26)13(25)11(5-23)28-17/h3,7-8,11,13-14,17,23,25-26H,4-6H2,1-2H3,(H,18,19,20)/b9-3+/t11-,13-,14-,17-/m1/s1. The molecule has 2 aromatic heterocycles. The molecule has 0 bridgehead atoms. The Balaban J connectivity index is 1.75. The number of fused-ring (bicyclic) bond motifs is 1. The van der Waals surface area contributed by atoms with E-state index in [1.165, 1.54) is 24.1 Å². The van der Waals surface area contributed by atoms with Crippen LogP contribution in [0.4, 0.5) is 5.82 Å². The third-order valence-electron chi connectivity index (χ3n) is 4.37. The zero-order valence-corrected chi connectivity index (χ0v) is 15.5. The molecule has 0 aromatic carbocycles. The predicted octanol–water partition coefficient (Wildman–Crippen LogP) is -0.641. The number of aliphatic hydroxyl groups excluding tert-OH is 3. The van der Waals surface area contributed by atoms with Gasteiger partial charge in [0.15, 0.2) is 23.2 Å². The van der Waals surface area contributed by atoms with Gasteiger partial charge in [0, 0.05) is 13.5 Å². The van der Waals surface area contributed by atoms with Crippen molar-refractivity contribution in [3.05, 3.63) is 24.3 Å². The number of anilines is 1. The molecule has 28 heavy (non-hydrogen) atoms. The normalized spacial score (nSPS) is 25.2. The minimum Gasteiger partial charge on any atom is -0.461 e. The van der Waals surface area contributed by atoms with Crippen molar-refractivity contribution < 1.29 is 29.6 Å². The highest BCUT2D eigenvalue weighted by molar-refractivity contribution is 5.82. The lowest BCUT2D eigenvalue weighted by Gasteiger charge is -2.16. The van der Waals surface area contributed by atoms with E-state index in [1.54, 1.807) is 0 Å². The summed E-state index contributed by atoms with van der Waals surface area (Å²) in [5.41, 5.74) is 1.75. The summed E-state index contributed by atoms with van der Waals surface area (Å²) in [6.07, 6.45) is 0.393. The van der Waals surface area contributed by atoms with Gasteiger partial charge in [-0.2, -0.15) is 0 Å². The molecule has 11 nitrogen and oxygen atoms in total. The number of nitrogens with zero attached hydrogens (tertiary/aromatic N) is 4. The maximum Gasteiger partial charge on any atom is 0.302 e. The summed E-state index contributed by atoms with van der Waals surface area (Å²) in [5.74, 6) is 0.140. The largest absolute Gasteiger partial charge is 0.461 e. The number of aromatic nitrogens is 4. The minimum absolute atomic E-state index is 0.218. The van der Waals surface area contributed by atoms with Gasteiger partial charge in [-0.25, -0.2) is 15.0 Å². The Hall–Kier alpha value is -2.60. The van der Waals surface area contributed by atoms with Gasteiger partial charge in [-0.3, -0.25) is 9.36 Å². The van der Waals surface area contributed by atoms with Crippen LogP contribution in [0.25, 0.3) is 11.2 Å². The first-order valence-electron chi connectivity index (χ1n) is 8.75. The summed E-state index contributed by atoms with van der Waals surface area (Å²) in [7, 11) is 0. The number of imidazole rings is 1. The fourth-order valence-corrected chi connectivity index (χ4v) is 2.87. The molecule has 0 unspecified atom stereocenters. The van der Waals surface area contributed by atoms with Crippen molar-refractivity contribution in [1.29, 1.82) is 0 Å². The number of esters is 1. The number of carbonyl (C=O) groups excluding carboxylic acids is 1. The van der Waals surface area contributed by atoms with E-state index >= 15 is 0 Å². The van der Waals surface area contributed by atoms with Crippen molar-refractivity contribution >= 4 is 23.0 Å². The van der Waals surface area contributed by atoms with Crippen molar-refractivity contribution in [2.75, 3.05) is 25.1 Å². The second kappa shape index (κ2) is 8.61. The molecule has 0 saturated carbocycles. The summed E-state index contributed by atoms with van der Waals surface area (Å²) < 4.78 is 11.9. The molecule has 0 spiro atoms. The lowest BCUT2D eigenvalue weighted by atomic mass is 10.1. The molecule has 1 aliphatic rings. The van der Waals surface area contributed by atoms with Crippen LogP contribution in [0.1, 0.15) is 20.1 Å². The molecular formula is C17H23N5O6. The number of hydrogen-bond acceptors (Lipinski definition) is 10. The van der Waals surface area contributed by atoms with Gasteiger partial charge in [0.05, 0.1) is 12.9 Å². The van der Waals surface area contributed by atoms with Crippen molar-refractivity contribution in [1.82, 2.24) is 19.5 Å². The quantitative estimate of drug-likeness (QED) is 0.353. The molecule has 152 valence electrons. The van der Waals surface area contributed by atoms with Gasteiger partial charge in [0.2, 0.25) is 0 Å². The second-order valence-electron chi connectivity index (χ2n) is 6.49. The summed E-state index contributed by atoms with van der Waals surface area (Å²) in [6.45, 7) is 3.43. The van der Waals surface area contributed by atoms with E-state index in [9.17, 15) is 20.1 Å². The summed E-state index contributed by atoms with van der Waals surface area (Å²) >= 11 is 0. The molecule has 11 heteroatoms. The van der Waals surface area contributed by atoms with Crippen LogP contribution in [0.3, 0.4) is 0 Å². The minimum atomic E-state index is -1.23. The summed E-state index contributed by atoms with van der Waals surface area (Å²) in [6, 6.07) is 0. The van der Waals surface area contributed by atoms with Crippen LogP contribution in [-0.2, 0) is 14.3 Å². The zero-order valence-electron chi connectivity index (χ0n) is 15.5. The highest BCUT2D eigenvalue weighted by Crippen LogP contribution is 2.31. The SMILES string of the molecule is CC(=O)OC/C(C)=C/CNc1ncnc2c1ncn2[C@@H]1O[C@H](CO)[C@@H](O)[C@H]1O. The molecule has 4 N–H and O–H groups in total. The second-order valence-corrected chi connectivity index (χ2v) is 6.49. The van der Waals surface area contributed by atoms with E-state index < -0.39 is 31.1 Å². The molecule has 0 radical (unpaired) electrons. The van der Waals surface area contributed by atoms with E-state index in [0.29, 0.717) is 23.5 Å². The number of hydrogen-bond donors (Lipinski definition) is 4. The summed E-state index contributed by atoms with van der Waals surface area (Å²) in [5, 5.41) is 32.5. The van der Waals surface area contributed by atoms with Gasteiger partial charge in [-0.05, 0) is 12.5 Å². The van der Waals surface area contributed by atoms with E-state index in [2.05, 4.69) is 20.3 Å². The molecule has 1 fully saturated rings. The highest BCUT2D eigenvalue weighted by Gasteiger charge is 2.44. The smallest absolute Gasteiger partial charge is 0.302 e. The topological polar surface area (TPSA) is 152 Å². The van der Waals surface area contributed by atoms with Gasteiger partial charge in [-0.1, -0.05) is 6.08 Å². The fraction of sp³-hybridized carbons (Fsp3) is 0.529. The third kappa shape index (κ3) is 4.12. The first-order chi connectivity index (χ1) is 13.4. The molecule has 1 aliphatic heterocycles. The van der Waals surface area contributed by atoms with Crippen molar-refractivity contribution in [2.24, 2.45) is 0 Å².